The molecule has 0 spiro atoms. The first-order valence-electron chi connectivity index (χ1n) is 4.92. The fourth-order valence-electron chi connectivity index (χ4n) is 1.81. The van der Waals surface area contributed by atoms with Crippen molar-refractivity contribution in [2.75, 3.05) is 13.2 Å². The van der Waals surface area contributed by atoms with E-state index in [4.69, 9.17) is 4.74 Å². The summed E-state index contributed by atoms with van der Waals surface area (Å²) in [4.78, 5) is 0. The zero-order chi connectivity index (χ0) is 9.97. The Morgan fingerprint density at radius 1 is 1.43 bits per heavy atom. The second-order valence-electron chi connectivity index (χ2n) is 3.59. The Morgan fingerprint density at radius 2 is 2.21 bits per heavy atom. The molecule has 0 amide bonds. The lowest BCUT2D eigenvalue weighted by Gasteiger charge is -2.30. The largest absolute Gasteiger partial charge is 0.508 e. The van der Waals surface area contributed by atoms with Gasteiger partial charge >= 0.3 is 0 Å². The molecule has 1 aliphatic heterocycles. The first-order valence-corrected chi connectivity index (χ1v) is 4.92. The molecule has 2 N–H and O–H groups in total. The van der Waals surface area contributed by atoms with Gasteiger partial charge in [0.15, 0.2) is 0 Å². The highest BCUT2D eigenvalue weighted by atomic mass is 16.5. The van der Waals surface area contributed by atoms with Crippen LogP contribution in [0.4, 0.5) is 0 Å². The van der Waals surface area contributed by atoms with Crippen molar-refractivity contribution in [2.24, 2.45) is 0 Å². The molecule has 1 heterocycles. The summed E-state index contributed by atoms with van der Waals surface area (Å²) in [6.45, 7) is 3.64. The van der Waals surface area contributed by atoms with Gasteiger partial charge in [0.05, 0.1) is 6.61 Å². The van der Waals surface area contributed by atoms with Crippen LogP contribution in [0.3, 0.4) is 0 Å². The number of rotatable bonds is 1. The van der Waals surface area contributed by atoms with Crippen molar-refractivity contribution in [2.45, 2.75) is 19.1 Å². The van der Waals surface area contributed by atoms with E-state index in [0.29, 0.717) is 12.4 Å². The molecule has 1 aliphatic rings. The molecule has 2 rings (SSSR count). The molecule has 2 unspecified atom stereocenters. The second kappa shape index (κ2) is 3.98. The molecule has 0 aromatic heterocycles. The summed E-state index contributed by atoms with van der Waals surface area (Å²) in [7, 11) is 0. The van der Waals surface area contributed by atoms with E-state index in [1.807, 2.05) is 18.2 Å². The van der Waals surface area contributed by atoms with Gasteiger partial charge in [-0.25, -0.2) is 0 Å². The topological polar surface area (TPSA) is 41.5 Å². The SMILES string of the molecule is CC1NCCOC1c1ccccc1O. The van der Waals surface area contributed by atoms with Crippen LogP contribution < -0.4 is 5.32 Å². The Bertz CT molecular complexity index is 314. The molecular weight excluding hydrogens is 178 g/mol. The molecule has 0 aliphatic carbocycles. The highest BCUT2D eigenvalue weighted by Crippen LogP contribution is 2.30. The van der Waals surface area contributed by atoms with E-state index in [2.05, 4.69) is 12.2 Å². The summed E-state index contributed by atoms with van der Waals surface area (Å²) in [5.41, 5.74) is 0.868. The maximum atomic E-state index is 9.67. The molecule has 1 saturated heterocycles. The third kappa shape index (κ3) is 1.74. The van der Waals surface area contributed by atoms with E-state index in [0.717, 1.165) is 12.1 Å². The van der Waals surface area contributed by atoms with Gasteiger partial charge in [-0.15, -0.1) is 0 Å². The molecule has 2 atom stereocenters. The number of phenols is 1. The van der Waals surface area contributed by atoms with Crippen molar-refractivity contribution < 1.29 is 9.84 Å². The molecule has 0 radical (unpaired) electrons. The molecule has 76 valence electrons. The van der Waals surface area contributed by atoms with Gasteiger partial charge in [0.1, 0.15) is 11.9 Å². The van der Waals surface area contributed by atoms with Crippen molar-refractivity contribution in [3.8, 4) is 5.75 Å². The van der Waals surface area contributed by atoms with Crippen LogP contribution in [0.15, 0.2) is 24.3 Å². The van der Waals surface area contributed by atoms with Crippen LogP contribution in [0.5, 0.6) is 5.75 Å². The van der Waals surface area contributed by atoms with Crippen molar-refractivity contribution in [3.63, 3.8) is 0 Å². The zero-order valence-electron chi connectivity index (χ0n) is 8.23. The number of para-hydroxylation sites is 1. The average Bonchev–Trinajstić information content (AvgIpc) is 2.20. The summed E-state index contributed by atoms with van der Waals surface area (Å²) in [5, 5.41) is 13.0. The number of hydrogen-bond donors (Lipinski definition) is 2. The number of morpholine rings is 1. The Labute approximate surface area is 83.7 Å². The summed E-state index contributed by atoms with van der Waals surface area (Å²) < 4.78 is 5.63. The third-order valence-corrected chi connectivity index (χ3v) is 2.56. The number of benzene rings is 1. The Balaban J connectivity index is 2.25. The minimum atomic E-state index is -0.0371. The maximum Gasteiger partial charge on any atom is 0.121 e. The minimum absolute atomic E-state index is 0.0371. The van der Waals surface area contributed by atoms with E-state index >= 15 is 0 Å². The summed E-state index contributed by atoms with van der Waals surface area (Å²) in [6.07, 6.45) is -0.0371. The number of ether oxygens (including phenoxy) is 1. The fourth-order valence-corrected chi connectivity index (χ4v) is 1.81. The standard InChI is InChI=1S/C11H15NO2/c1-8-11(14-7-6-12-8)9-4-2-3-5-10(9)13/h2-5,8,11-13H,6-7H2,1H3. The molecule has 1 aromatic carbocycles. The van der Waals surface area contributed by atoms with Gasteiger partial charge in [-0.05, 0) is 13.0 Å². The monoisotopic (exact) mass is 193 g/mol. The third-order valence-electron chi connectivity index (χ3n) is 2.56. The van der Waals surface area contributed by atoms with Crippen molar-refractivity contribution in [3.05, 3.63) is 29.8 Å². The molecule has 14 heavy (non-hydrogen) atoms. The highest BCUT2D eigenvalue weighted by Gasteiger charge is 2.25. The molecule has 0 saturated carbocycles. The predicted molar refractivity (Wildman–Crippen MR) is 54.3 cm³/mol. The van der Waals surface area contributed by atoms with Crippen LogP contribution in [0.1, 0.15) is 18.6 Å². The maximum absolute atomic E-state index is 9.67. The molecule has 1 aromatic rings. The first kappa shape index (κ1) is 9.49. The number of aromatic hydroxyl groups is 1. The van der Waals surface area contributed by atoms with Crippen molar-refractivity contribution in [1.82, 2.24) is 5.32 Å². The number of phenolic OH excluding ortho intramolecular Hbond substituents is 1. The highest BCUT2D eigenvalue weighted by molar-refractivity contribution is 5.34. The normalized spacial score (nSPS) is 27.5. The number of hydrogen-bond acceptors (Lipinski definition) is 3. The number of nitrogens with one attached hydrogen (secondary N) is 1. The summed E-state index contributed by atoms with van der Waals surface area (Å²) in [6, 6.07) is 7.58. The zero-order valence-corrected chi connectivity index (χ0v) is 8.23. The van der Waals surface area contributed by atoms with Crippen LogP contribution >= 0.6 is 0 Å². The van der Waals surface area contributed by atoms with Crippen molar-refractivity contribution in [1.29, 1.82) is 0 Å². The van der Waals surface area contributed by atoms with E-state index in [-0.39, 0.29) is 12.1 Å². The predicted octanol–water partition coefficient (Wildman–Crippen LogP) is 1.44. The Kier molecular flexibility index (Phi) is 2.70. The molecule has 3 heteroatoms. The summed E-state index contributed by atoms with van der Waals surface area (Å²) >= 11 is 0. The molecule has 0 bridgehead atoms. The quantitative estimate of drug-likeness (QED) is 0.709. The molecule has 1 fully saturated rings. The molecular formula is C11H15NO2. The van der Waals surface area contributed by atoms with Gasteiger partial charge in [0.2, 0.25) is 0 Å². The van der Waals surface area contributed by atoms with Gasteiger partial charge in [-0.1, -0.05) is 18.2 Å². The van der Waals surface area contributed by atoms with E-state index < -0.39 is 0 Å². The second-order valence-corrected chi connectivity index (χ2v) is 3.59. The molecule has 3 nitrogen and oxygen atoms in total. The smallest absolute Gasteiger partial charge is 0.121 e. The minimum Gasteiger partial charge on any atom is -0.508 e. The van der Waals surface area contributed by atoms with E-state index in [9.17, 15) is 5.11 Å². The van der Waals surface area contributed by atoms with Crippen LogP contribution in [0.25, 0.3) is 0 Å². The van der Waals surface area contributed by atoms with Gasteiger partial charge in [0, 0.05) is 18.2 Å². The van der Waals surface area contributed by atoms with Gasteiger partial charge < -0.3 is 15.2 Å². The van der Waals surface area contributed by atoms with Crippen molar-refractivity contribution >= 4 is 0 Å². The van der Waals surface area contributed by atoms with Crippen LogP contribution in [0.2, 0.25) is 0 Å². The van der Waals surface area contributed by atoms with E-state index in [1.165, 1.54) is 0 Å². The van der Waals surface area contributed by atoms with Crippen LogP contribution in [0, 0.1) is 0 Å². The van der Waals surface area contributed by atoms with Gasteiger partial charge in [-0.3, -0.25) is 0 Å². The van der Waals surface area contributed by atoms with E-state index in [1.54, 1.807) is 6.07 Å². The lowest BCUT2D eigenvalue weighted by atomic mass is 10.0. The fraction of sp³-hybridized carbons (Fsp3) is 0.455. The van der Waals surface area contributed by atoms with Gasteiger partial charge in [-0.2, -0.15) is 0 Å². The Hall–Kier alpha value is -1.06. The van der Waals surface area contributed by atoms with Crippen LogP contribution in [-0.4, -0.2) is 24.3 Å². The summed E-state index contributed by atoms with van der Waals surface area (Å²) in [5.74, 6) is 0.313. The lowest BCUT2D eigenvalue weighted by molar-refractivity contribution is -0.00148. The van der Waals surface area contributed by atoms with Gasteiger partial charge in [0.25, 0.3) is 0 Å². The lowest BCUT2D eigenvalue weighted by Crippen LogP contribution is -2.41. The van der Waals surface area contributed by atoms with Crippen LogP contribution in [-0.2, 0) is 4.74 Å². The average molecular weight is 193 g/mol. The Morgan fingerprint density at radius 3 is 2.93 bits per heavy atom. The first-order chi connectivity index (χ1) is 6.79.